The summed E-state index contributed by atoms with van der Waals surface area (Å²) in [6.07, 6.45) is 1.54. The van der Waals surface area contributed by atoms with Crippen LogP contribution in [-0.4, -0.2) is 17.0 Å². The van der Waals surface area contributed by atoms with Crippen LogP contribution in [0.5, 0.6) is 0 Å². The number of hydrogen-bond acceptors (Lipinski definition) is 4. The van der Waals surface area contributed by atoms with Gasteiger partial charge < -0.3 is 10.2 Å². The first kappa shape index (κ1) is 14.4. The average Bonchev–Trinajstić information content (AvgIpc) is 2.55. The van der Waals surface area contributed by atoms with Crippen molar-refractivity contribution < 1.29 is 0 Å². The maximum absolute atomic E-state index is 5.99. The molecule has 3 rings (SSSR count). The predicted molar refractivity (Wildman–Crippen MR) is 91.3 cm³/mol. The Morgan fingerprint density at radius 3 is 2.55 bits per heavy atom. The van der Waals surface area contributed by atoms with E-state index in [-0.39, 0.29) is 0 Å². The fraction of sp³-hybridized carbons (Fsp3) is 0.0588. The molecule has 5 heteroatoms. The Labute approximate surface area is 134 Å². The summed E-state index contributed by atoms with van der Waals surface area (Å²) >= 11 is 5.99. The Morgan fingerprint density at radius 2 is 1.77 bits per heavy atom. The molecule has 1 N–H and O–H groups in total. The summed E-state index contributed by atoms with van der Waals surface area (Å²) < 4.78 is 0. The number of rotatable bonds is 4. The summed E-state index contributed by atoms with van der Waals surface area (Å²) in [5.41, 5.74) is 1.95. The highest BCUT2D eigenvalue weighted by atomic mass is 35.5. The molecular weight excluding hydrogens is 296 g/mol. The smallest absolute Gasteiger partial charge is 0.138 e. The first-order chi connectivity index (χ1) is 10.7. The molecule has 0 bridgehead atoms. The van der Waals surface area contributed by atoms with Gasteiger partial charge in [-0.05, 0) is 30.3 Å². The van der Waals surface area contributed by atoms with Gasteiger partial charge in [0.05, 0.1) is 0 Å². The van der Waals surface area contributed by atoms with E-state index in [0.29, 0.717) is 5.02 Å². The maximum atomic E-state index is 5.99. The Balaban J connectivity index is 1.83. The van der Waals surface area contributed by atoms with Crippen LogP contribution in [0.2, 0.25) is 5.02 Å². The van der Waals surface area contributed by atoms with Crippen LogP contribution >= 0.6 is 11.6 Å². The summed E-state index contributed by atoms with van der Waals surface area (Å²) in [5.74, 6) is 1.53. The van der Waals surface area contributed by atoms with Crippen LogP contribution < -0.4 is 10.2 Å². The topological polar surface area (TPSA) is 41.0 Å². The molecule has 2 aromatic carbocycles. The van der Waals surface area contributed by atoms with Gasteiger partial charge in [0.25, 0.3) is 0 Å². The molecule has 0 aliphatic rings. The van der Waals surface area contributed by atoms with Crippen LogP contribution in [0.4, 0.5) is 23.0 Å². The summed E-state index contributed by atoms with van der Waals surface area (Å²) in [4.78, 5) is 10.6. The highest BCUT2D eigenvalue weighted by Gasteiger charge is 2.06. The summed E-state index contributed by atoms with van der Waals surface area (Å²) in [6, 6.07) is 19.5. The summed E-state index contributed by atoms with van der Waals surface area (Å²) in [7, 11) is 1.97. The van der Waals surface area contributed by atoms with Crippen molar-refractivity contribution in [3.63, 3.8) is 0 Å². The van der Waals surface area contributed by atoms with Gasteiger partial charge in [0.1, 0.15) is 18.0 Å². The van der Waals surface area contributed by atoms with Crippen LogP contribution in [0.15, 0.2) is 67.0 Å². The molecule has 1 aromatic heterocycles. The normalized spacial score (nSPS) is 10.3. The molecule has 0 saturated heterocycles. The minimum absolute atomic E-state index is 0.681. The van der Waals surface area contributed by atoms with Crippen molar-refractivity contribution >= 4 is 34.6 Å². The molecule has 0 atom stereocenters. The first-order valence-corrected chi connectivity index (χ1v) is 7.23. The second kappa shape index (κ2) is 6.45. The zero-order chi connectivity index (χ0) is 15.4. The number of nitrogens with one attached hydrogen (secondary N) is 1. The molecule has 0 unspecified atom stereocenters. The highest BCUT2D eigenvalue weighted by molar-refractivity contribution is 6.30. The predicted octanol–water partition coefficient (Wildman–Crippen LogP) is 4.64. The molecule has 3 aromatic rings. The molecule has 0 amide bonds. The molecule has 22 heavy (non-hydrogen) atoms. The van der Waals surface area contributed by atoms with Crippen molar-refractivity contribution in [1.82, 2.24) is 9.97 Å². The zero-order valence-corrected chi connectivity index (χ0v) is 12.8. The Hall–Kier alpha value is -2.59. The third-order valence-electron chi connectivity index (χ3n) is 3.24. The standard InChI is InChI=1S/C17H15ClN4/c1-22(15-8-3-2-4-9-15)17-11-16(19-12-20-17)21-14-7-5-6-13(18)10-14/h2-12H,1H3,(H,19,20,21). The summed E-state index contributed by atoms with van der Waals surface area (Å²) in [5, 5.41) is 3.91. The summed E-state index contributed by atoms with van der Waals surface area (Å²) in [6.45, 7) is 0. The molecule has 1 heterocycles. The van der Waals surface area contributed by atoms with Crippen molar-refractivity contribution in [1.29, 1.82) is 0 Å². The molecular formula is C17H15ClN4. The molecule has 0 aliphatic carbocycles. The second-order valence-corrected chi connectivity index (χ2v) is 5.23. The van der Waals surface area contributed by atoms with Gasteiger partial charge in [-0.3, -0.25) is 0 Å². The quantitative estimate of drug-likeness (QED) is 0.762. The lowest BCUT2D eigenvalue weighted by molar-refractivity contribution is 1.08. The van der Waals surface area contributed by atoms with Gasteiger partial charge in [-0.15, -0.1) is 0 Å². The number of hydrogen-bond donors (Lipinski definition) is 1. The molecule has 0 radical (unpaired) electrons. The molecule has 0 saturated carbocycles. The zero-order valence-electron chi connectivity index (χ0n) is 12.1. The lowest BCUT2D eigenvalue weighted by Crippen LogP contribution is -2.11. The third-order valence-corrected chi connectivity index (χ3v) is 3.47. The molecule has 0 fully saturated rings. The number of anilines is 4. The van der Waals surface area contributed by atoms with Crippen molar-refractivity contribution in [2.75, 3.05) is 17.3 Å². The van der Waals surface area contributed by atoms with Gasteiger partial charge in [0.2, 0.25) is 0 Å². The fourth-order valence-electron chi connectivity index (χ4n) is 2.10. The highest BCUT2D eigenvalue weighted by Crippen LogP contribution is 2.24. The van der Waals surface area contributed by atoms with Crippen molar-refractivity contribution in [2.24, 2.45) is 0 Å². The largest absolute Gasteiger partial charge is 0.340 e. The van der Waals surface area contributed by atoms with Crippen molar-refractivity contribution in [3.05, 3.63) is 72.0 Å². The van der Waals surface area contributed by atoms with Gasteiger partial charge in [-0.2, -0.15) is 0 Å². The molecule has 110 valence electrons. The van der Waals surface area contributed by atoms with Crippen molar-refractivity contribution in [3.8, 4) is 0 Å². The Bertz CT molecular complexity index is 761. The Morgan fingerprint density at radius 1 is 0.955 bits per heavy atom. The number of benzene rings is 2. The molecule has 0 spiro atoms. The van der Waals surface area contributed by atoms with E-state index in [1.54, 1.807) is 6.33 Å². The maximum Gasteiger partial charge on any atom is 0.138 e. The fourth-order valence-corrected chi connectivity index (χ4v) is 2.29. The van der Waals surface area contributed by atoms with Gasteiger partial charge in [0.15, 0.2) is 0 Å². The minimum Gasteiger partial charge on any atom is -0.340 e. The van der Waals surface area contributed by atoms with Crippen LogP contribution in [0, 0.1) is 0 Å². The number of aromatic nitrogens is 2. The van der Waals surface area contributed by atoms with E-state index in [4.69, 9.17) is 11.6 Å². The van der Waals surface area contributed by atoms with Crippen molar-refractivity contribution in [2.45, 2.75) is 0 Å². The van der Waals surface area contributed by atoms with Crippen LogP contribution in [-0.2, 0) is 0 Å². The van der Waals surface area contributed by atoms with E-state index in [1.165, 1.54) is 0 Å². The monoisotopic (exact) mass is 310 g/mol. The lowest BCUT2D eigenvalue weighted by atomic mass is 10.3. The number of halogens is 1. The van der Waals surface area contributed by atoms with E-state index < -0.39 is 0 Å². The number of nitrogens with zero attached hydrogens (tertiary/aromatic N) is 3. The first-order valence-electron chi connectivity index (χ1n) is 6.86. The van der Waals surface area contributed by atoms with Crippen LogP contribution in [0.1, 0.15) is 0 Å². The van der Waals surface area contributed by atoms with E-state index in [1.807, 2.05) is 72.6 Å². The SMILES string of the molecule is CN(c1ccccc1)c1cc(Nc2cccc(Cl)c2)ncn1. The van der Waals surface area contributed by atoms with Gasteiger partial charge in [-0.1, -0.05) is 35.9 Å². The van der Waals surface area contributed by atoms with Crippen LogP contribution in [0.25, 0.3) is 0 Å². The lowest BCUT2D eigenvalue weighted by Gasteiger charge is -2.18. The average molecular weight is 311 g/mol. The van der Waals surface area contributed by atoms with E-state index in [9.17, 15) is 0 Å². The van der Waals surface area contributed by atoms with E-state index in [0.717, 1.165) is 23.0 Å². The third kappa shape index (κ3) is 3.35. The number of para-hydroxylation sites is 1. The van der Waals surface area contributed by atoms with E-state index >= 15 is 0 Å². The van der Waals surface area contributed by atoms with Gasteiger partial charge >= 0.3 is 0 Å². The van der Waals surface area contributed by atoms with Gasteiger partial charge in [-0.25, -0.2) is 9.97 Å². The van der Waals surface area contributed by atoms with E-state index in [2.05, 4.69) is 15.3 Å². The Kier molecular flexibility index (Phi) is 4.21. The van der Waals surface area contributed by atoms with Gasteiger partial charge in [0, 0.05) is 29.5 Å². The van der Waals surface area contributed by atoms with Crippen LogP contribution in [0.3, 0.4) is 0 Å². The molecule has 0 aliphatic heterocycles. The second-order valence-electron chi connectivity index (χ2n) is 4.79. The molecule has 4 nitrogen and oxygen atoms in total. The minimum atomic E-state index is 0.681.